The first-order chi connectivity index (χ1) is 17.3. The summed E-state index contributed by atoms with van der Waals surface area (Å²) in [4.78, 5) is 27.3. The van der Waals surface area contributed by atoms with Gasteiger partial charge in [0.2, 0.25) is 0 Å². The van der Waals surface area contributed by atoms with Gasteiger partial charge in [-0.05, 0) is 48.7 Å². The van der Waals surface area contributed by atoms with Crippen LogP contribution in [-0.2, 0) is 16.0 Å². The second-order valence-corrected chi connectivity index (χ2v) is 8.16. The van der Waals surface area contributed by atoms with Crippen LogP contribution in [0.25, 0.3) is 5.76 Å². The average Bonchev–Trinajstić information content (AvgIpc) is 3.15. The van der Waals surface area contributed by atoms with Crippen molar-refractivity contribution in [1.82, 2.24) is 0 Å². The Kier molecular flexibility index (Phi) is 7.05. The van der Waals surface area contributed by atoms with Gasteiger partial charge in [-0.3, -0.25) is 14.5 Å². The van der Waals surface area contributed by atoms with E-state index in [1.807, 2.05) is 6.92 Å². The number of aryl methyl sites for hydroxylation is 1. The van der Waals surface area contributed by atoms with Gasteiger partial charge >= 0.3 is 0 Å². The fourth-order valence-corrected chi connectivity index (χ4v) is 4.25. The van der Waals surface area contributed by atoms with Gasteiger partial charge in [-0.15, -0.1) is 0 Å². The number of carbonyl (C=O) groups excluding carboxylic acids is 2. The zero-order chi connectivity index (χ0) is 26.0. The molecule has 6 nitrogen and oxygen atoms in total. The topological polar surface area (TPSA) is 76.1 Å². The lowest BCUT2D eigenvalue weighted by Crippen LogP contribution is -2.30. The molecule has 0 aliphatic carbocycles. The fraction of sp³-hybridized carbons (Fsp3) is 0.214. The number of benzene rings is 3. The second-order valence-electron chi connectivity index (χ2n) is 8.16. The van der Waals surface area contributed by atoms with Crippen LogP contribution >= 0.6 is 0 Å². The van der Waals surface area contributed by atoms with Crippen molar-refractivity contribution in [1.29, 1.82) is 0 Å². The Morgan fingerprint density at radius 2 is 1.69 bits per heavy atom. The molecule has 4 rings (SSSR count). The van der Waals surface area contributed by atoms with E-state index in [0.717, 1.165) is 35.1 Å². The molecule has 3 aromatic rings. The third kappa shape index (κ3) is 4.42. The molecule has 36 heavy (non-hydrogen) atoms. The molecule has 1 aliphatic heterocycles. The second kappa shape index (κ2) is 10.2. The molecule has 3 aromatic carbocycles. The van der Waals surface area contributed by atoms with E-state index in [1.165, 1.54) is 7.11 Å². The van der Waals surface area contributed by atoms with Crippen LogP contribution in [0.3, 0.4) is 0 Å². The first-order valence-corrected chi connectivity index (χ1v) is 11.5. The number of nitrogens with zero attached hydrogens (tertiary/aromatic N) is 1. The lowest BCUT2D eigenvalue weighted by molar-refractivity contribution is -0.132. The van der Waals surface area contributed by atoms with Crippen molar-refractivity contribution in [2.45, 2.75) is 26.3 Å². The van der Waals surface area contributed by atoms with E-state index in [4.69, 9.17) is 9.47 Å². The Labute approximate surface area is 207 Å². The number of aliphatic hydroxyl groups excluding tert-OH is 1. The van der Waals surface area contributed by atoms with Crippen molar-refractivity contribution in [3.63, 3.8) is 0 Å². The molecule has 0 bridgehead atoms. The number of anilines is 1. The molecule has 0 saturated carbocycles. The Bertz CT molecular complexity index is 1350. The Morgan fingerprint density at radius 3 is 2.33 bits per heavy atom. The normalized spacial score (nSPS) is 16.9. The van der Waals surface area contributed by atoms with Crippen molar-refractivity contribution in [2.24, 2.45) is 0 Å². The zero-order valence-electron chi connectivity index (χ0n) is 20.0. The van der Waals surface area contributed by atoms with Crippen molar-refractivity contribution >= 4 is 23.1 Å². The van der Waals surface area contributed by atoms with Crippen LogP contribution in [0.15, 0.2) is 66.2 Å². The largest absolute Gasteiger partial charge is 0.507 e. The minimum Gasteiger partial charge on any atom is -0.507 e. The number of Topliss-reactive ketones (excluding diaryl/α,β-unsaturated/α-hetero) is 1. The molecule has 0 radical (unpaired) electrons. The van der Waals surface area contributed by atoms with Crippen LogP contribution in [0.2, 0.25) is 0 Å². The van der Waals surface area contributed by atoms with E-state index in [0.29, 0.717) is 29.2 Å². The van der Waals surface area contributed by atoms with Gasteiger partial charge < -0.3 is 14.6 Å². The van der Waals surface area contributed by atoms with Crippen molar-refractivity contribution in [2.75, 3.05) is 18.6 Å². The summed E-state index contributed by atoms with van der Waals surface area (Å²) < 4.78 is 40.0. The highest BCUT2D eigenvalue weighted by atomic mass is 19.1. The first kappa shape index (κ1) is 24.9. The maximum absolute atomic E-state index is 14.9. The number of carbonyl (C=O) groups is 2. The number of hydrogen-bond acceptors (Lipinski definition) is 5. The third-order valence-electron chi connectivity index (χ3n) is 6.05. The van der Waals surface area contributed by atoms with Crippen LogP contribution < -0.4 is 14.4 Å². The lowest BCUT2D eigenvalue weighted by Gasteiger charge is -2.26. The summed E-state index contributed by atoms with van der Waals surface area (Å²) in [5.74, 6) is -3.48. The maximum atomic E-state index is 14.9. The predicted octanol–water partition coefficient (Wildman–Crippen LogP) is 5.56. The highest BCUT2D eigenvalue weighted by Crippen LogP contribution is 2.44. The van der Waals surface area contributed by atoms with Gasteiger partial charge in [0.05, 0.1) is 31.0 Å². The molecule has 186 valence electrons. The molecule has 1 N–H and O–H groups in total. The Hall–Kier alpha value is -4.20. The number of methoxy groups -OCH3 is 1. The predicted molar refractivity (Wildman–Crippen MR) is 131 cm³/mol. The van der Waals surface area contributed by atoms with Crippen molar-refractivity contribution < 1.29 is 33.0 Å². The monoisotopic (exact) mass is 493 g/mol. The number of aliphatic hydroxyl groups is 1. The van der Waals surface area contributed by atoms with E-state index in [9.17, 15) is 23.5 Å². The quantitative estimate of drug-likeness (QED) is 0.265. The highest BCUT2D eigenvalue weighted by molar-refractivity contribution is 6.51. The van der Waals surface area contributed by atoms with Gasteiger partial charge in [0.1, 0.15) is 17.4 Å². The number of ether oxygens (including phenoxy) is 2. The number of ketones is 1. The van der Waals surface area contributed by atoms with Gasteiger partial charge in [0.25, 0.3) is 11.7 Å². The summed E-state index contributed by atoms with van der Waals surface area (Å²) in [5.41, 5.74) is 1.00. The molecule has 1 aliphatic rings. The third-order valence-corrected chi connectivity index (χ3v) is 6.05. The lowest BCUT2D eigenvalue weighted by atomic mass is 9.94. The summed E-state index contributed by atoms with van der Waals surface area (Å²) in [6, 6.07) is 13.0. The van der Waals surface area contributed by atoms with Gasteiger partial charge in [0, 0.05) is 11.6 Å². The molecule has 8 heteroatoms. The molecule has 1 fully saturated rings. The van der Waals surface area contributed by atoms with E-state index >= 15 is 0 Å². The van der Waals surface area contributed by atoms with E-state index in [1.54, 1.807) is 49.4 Å². The minimum atomic E-state index is -1.25. The van der Waals surface area contributed by atoms with E-state index < -0.39 is 40.8 Å². The molecule has 1 unspecified atom stereocenters. The Balaban J connectivity index is 1.98. The van der Waals surface area contributed by atoms with Gasteiger partial charge in [-0.2, -0.15) is 0 Å². The molecule has 1 saturated heterocycles. The standard InChI is InChI=1S/C28H25F2NO5/c1-4-16-6-8-17(9-7-16)26(32)24-25(18-10-13-22(35-3)23(14-18)36-5-2)31(28(34)27(24)33)21-15-19(29)11-12-20(21)30/h6-15,25,32H,4-5H2,1-3H3/b26-24+. The zero-order valence-corrected chi connectivity index (χ0v) is 20.0. The van der Waals surface area contributed by atoms with Crippen LogP contribution in [0, 0.1) is 11.6 Å². The number of rotatable bonds is 7. The molecule has 1 heterocycles. The summed E-state index contributed by atoms with van der Waals surface area (Å²) in [7, 11) is 1.46. The summed E-state index contributed by atoms with van der Waals surface area (Å²) in [5, 5.41) is 11.2. The molecule has 0 aromatic heterocycles. The van der Waals surface area contributed by atoms with Crippen molar-refractivity contribution in [3.8, 4) is 11.5 Å². The van der Waals surface area contributed by atoms with E-state index in [-0.39, 0.29) is 5.57 Å². The minimum absolute atomic E-state index is 0.250. The molecule has 0 spiro atoms. The van der Waals surface area contributed by atoms with Crippen LogP contribution in [0.1, 0.15) is 36.6 Å². The van der Waals surface area contributed by atoms with Crippen LogP contribution in [0.4, 0.5) is 14.5 Å². The number of hydrogen-bond donors (Lipinski definition) is 1. The molecule has 1 amide bonds. The molecule has 1 atom stereocenters. The first-order valence-electron chi connectivity index (χ1n) is 11.5. The molecular formula is C28H25F2NO5. The molecular weight excluding hydrogens is 468 g/mol. The van der Waals surface area contributed by atoms with Crippen molar-refractivity contribution in [3.05, 3.63) is 94.6 Å². The summed E-state index contributed by atoms with van der Waals surface area (Å²) >= 11 is 0. The van der Waals surface area contributed by atoms with Crippen LogP contribution in [-0.4, -0.2) is 30.5 Å². The van der Waals surface area contributed by atoms with Crippen LogP contribution in [0.5, 0.6) is 11.5 Å². The average molecular weight is 494 g/mol. The fourth-order valence-electron chi connectivity index (χ4n) is 4.25. The summed E-state index contributed by atoms with van der Waals surface area (Å²) in [6.45, 7) is 4.07. The number of halogens is 2. The SMILES string of the molecule is CCOc1cc(C2/C(=C(\O)c3ccc(CC)cc3)C(=O)C(=O)N2c2cc(F)ccc2F)ccc1OC. The summed E-state index contributed by atoms with van der Waals surface area (Å²) in [6.07, 6.45) is 0.774. The highest BCUT2D eigenvalue weighted by Gasteiger charge is 2.48. The van der Waals surface area contributed by atoms with Gasteiger partial charge in [-0.1, -0.05) is 37.3 Å². The van der Waals surface area contributed by atoms with Gasteiger partial charge in [0.15, 0.2) is 11.5 Å². The maximum Gasteiger partial charge on any atom is 0.300 e. The Morgan fingerprint density at radius 1 is 0.972 bits per heavy atom. The van der Waals surface area contributed by atoms with Gasteiger partial charge in [-0.25, -0.2) is 8.78 Å². The van der Waals surface area contributed by atoms with E-state index in [2.05, 4.69) is 0 Å². The number of amides is 1. The smallest absolute Gasteiger partial charge is 0.300 e.